The fraction of sp³-hybridized carbons (Fsp3) is 0.0909. The molecule has 1 aromatic carbocycles. The first kappa shape index (κ1) is 11.5. The Morgan fingerprint density at radius 2 is 2.24 bits per heavy atom. The van der Waals surface area contributed by atoms with Gasteiger partial charge in [0, 0.05) is 12.1 Å². The van der Waals surface area contributed by atoms with Crippen molar-refractivity contribution in [3.63, 3.8) is 0 Å². The molecular weight excluding hydrogens is 244 g/mol. The Labute approximate surface area is 102 Å². The fourth-order valence-corrected chi connectivity index (χ4v) is 1.60. The number of hydrogen-bond acceptors (Lipinski definition) is 4. The first-order chi connectivity index (χ1) is 8.16. The van der Waals surface area contributed by atoms with Crippen LogP contribution in [0.4, 0.5) is 11.4 Å². The SMILES string of the molecule is O=[N+]([O-])c1ccc(NCc2ccco2)c(Cl)c1. The molecule has 1 N–H and O–H groups in total. The topological polar surface area (TPSA) is 68.3 Å². The lowest BCUT2D eigenvalue weighted by atomic mass is 10.3. The van der Waals surface area contributed by atoms with Crippen molar-refractivity contribution in [3.8, 4) is 0 Å². The second kappa shape index (κ2) is 4.88. The van der Waals surface area contributed by atoms with Crippen LogP contribution in [0, 0.1) is 10.1 Å². The Morgan fingerprint density at radius 1 is 1.41 bits per heavy atom. The first-order valence-corrected chi connectivity index (χ1v) is 5.25. The van der Waals surface area contributed by atoms with Crippen molar-refractivity contribution in [2.45, 2.75) is 6.54 Å². The van der Waals surface area contributed by atoms with Crippen LogP contribution in [0.1, 0.15) is 5.76 Å². The summed E-state index contributed by atoms with van der Waals surface area (Å²) in [5, 5.41) is 13.9. The van der Waals surface area contributed by atoms with E-state index in [0.29, 0.717) is 17.3 Å². The van der Waals surface area contributed by atoms with Gasteiger partial charge in [-0.15, -0.1) is 0 Å². The van der Waals surface area contributed by atoms with E-state index in [1.807, 2.05) is 6.07 Å². The summed E-state index contributed by atoms with van der Waals surface area (Å²) in [6.45, 7) is 0.477. The van der Waals surface area contributed by atoms with Gasteiger partial charge in [0.15, 0.2) is 0 Å². The Hall–Kier alpha value is -2.01. The molecule has 0 saturated heterocycles. The van der Waals surface area contributed by atoms with Crippen LogP contribution in [0.2, 0.25) is 5.02 Å². The normalized spacial score (nSPS) is 10.2. The Morgan fingerprint density at radius 3 is 2.82 bits per heavy atom. The summed E-state index contributed by atoms with van der Waals surface area (Å²) >= 11 is 5.92. The van der Waals surface area contributed by atoms with Crippen LogP contribution in [0.25, 0.3) is 0 Å². The van der Waals surface area contributed by atoms with E-state index in [9.17, 15) is 10.1 Å². The number of nitrogens with zero attached hydrogens (tertiary/aromatic N) is 1. The molecule has 0 spiro atoms. The molecule has 6 heteroatoms. The van der Waals surface area contributed by atoms with E-state index in [1.54, 1.807) is 18.4 Å². The Balaban J connectivity index is 2.09. The van der Waals surface area contributed by atoms with Crippen molar-refractivity contribution in [2.75, 3.05) is 5.32 Å². The van der Waals surface area contributed by atoms with Crippen molar-refractivity contribution in [1.82, 2.24) is 0 Å². The van der Waals surface area contributed by atoms with Crippen molar-refractivity contribution >= 4 is 23.0 Å². The Kier molecular flexibility index (Phi) is 3.30. The third-order valence-corrected chi connectivity index (χ3v) is 2.51. The highest BCUT2D eigenvalue weighted by Gasteiger charge is 2.09. The molecule has 1 heterocycles. The molecule has 17 heavy (non-hydrogen) atoms. The van der Waals surface area contributed by atoms with Gasteiger partial charge < -0.3 is 9.73 Å². The maximum absolute atomic E-state index is 10.5. The van der Waals surface area contributed by atoms with E-state index in [0.717, 1.165) is 5.76 Å². The predicted octanol–water partition coefficient (Wildman–Crippen LogP) is 3.45. The van der Waals surface area contributed by atoms with Gasteiger partial charge in [-0.2, -0.15) is 0 Å². The van der Waals surface area contributed by atoms with Crippen LogP contribution in [0.5, 0.6) is 0 Å². The number of nitro groups is 1. The maximum Gasteiger partial charge on any atom is 0.271 e. The van der Waals surface area contributed by atoms with E-state index in [4.69, 9.17) is 16.0 Å². The fourth-order valence-electron chi connectivity index (χ4n) is 1.36. The van der Waals surface area contributed by atoms with Crippen molar-refractivity contribution < 1.29 is 9.34 Å². The number of non-ortho nitro benzene ring substituents is 1. The average Bonchev–Trinajstić information content (AvgIpc) is 2.80. The number of benzene rings is 1. The second-order valence-electron chi connectivity index (χ2n) is 3.35. The van der Waals surface area contributed by atoms with Gasteiger partial charge in [0.05, 0.1) is 28.4 Å². The molecule has 2 rings (SSSR count). The summed E-state index contributed by atoms with van der Waals surface area (Å²) in [6.07, 6.45) is 1.58. The first-order valence-electron chi connectivity index (χ1n) is 4.87. The molecule has 0 aliphatic carbocycles. The quantitative estimate of drug-likeness (QED) is 0.668. The minimum Gasteiger partial charge on any atom is -0.467 e. The summed E-state index contributed by atoms with van der Waals surface area (Å²) in [6, 6.07) is 7.90. The van der Waals surface area contributed by atoms with Gasteiger partial charge in [-0.1, -0.05) is 11.6 Å². The molecule has 1 aromatic heterocycles. The van der Waals surface area contributed by atoms with Gasteiger partial charge in [-0.05, 0) is 18.2 Å². The summed E-state index contributed by atoms with van der Waals surface area (Å²) < 4.78 is 5.14. The summed E-state index contributed by atoms with van der Waals surface area (Å²) in [5.74, 6) is 0.763. The maximum atomic E-state index is 10.5. The molecule has 0 bridgehead atoms. The standard InChI is InChI=1S/C11H9ClN2O3/c12-10-6-8(14(15)16)3-4-11(10)13-7-9-2-1-5-17-9/h1-6,13H,7H2. The van der Waals surface area contributed by atoms with E-state index in [1.165, 1.54) is 12.1 Å². The van der Waals surface area contributed by atoms with Gasteiger partial charge in [-0.3, -0.25) is 10.1 Å². The van der Waals surface area contributed by atoms with Crippen LogP contribution in [0.3, 0.4) is 0 Å². The summed E-state index contributed by atoms with van der Waals surface area (Å²) in [5.41, 5.74) is 0.604. The average molecular weight is 253 g/mol. The van der Waals surface area contributed by atoms with Gasteiger partial charge in [0.1, 0.15) is 5.76 Å². The monoisotopic (exact) mass is 252 g/mol. The molecule has 0 saturated carbocycles. The molecule has 5 nitrogen and oxygen atoms in total. The van der Waals surface area contributed by atoms with Crippen molar-refractivity contribution in [3.05, 3.63) is 57.5 Å². The molecule has 88 valence electrons. The number of nitro benzene ring substituents is 1. The lowest BCUT2D eigenvalue weighted by Crippen LogP contribution is -1.99. The smallest absolute Gasteiger partial charge is 0.271 e. The highest BCUT2D eigenvalue weighted by molar-refractivity contribution is 6.33. The Bertz CT molecular complexity index is 526. The molecular formula is C11H9ClN2O3. The third kappa shape index (κ3) is 2.76. The van der Waals surface area contributed by atoms with E-state index in [2.05, 4.69) is 5.32 Å². The summed E-state index contributed by atoms with van der Waals surface area (Å²) in [7, 11) is 0. The number of furan rings is 1. The number of halogens is 1. The van der Waals surface area contributed by atoms with Gasteiger partial charge in [0.2, 0.25) is 0 Å². The third-order valence-electron chi connectivity index (χ3n) is 2.20. The lowest BCUT2D eigenvalue weighted by Gasteiger charge is -2.06. The molecule has 0 radical (unpaired) electrons. The van der Waals surface area contributed by atoms with Gasteiger partial charge >= 0.3 is 0 Å². The molecule has 0 aliphatic heterocycles. The molecule has 2 aromatic rings. The van der Waals surface area contributed by atoms with Crippen molar-refractivity contribution in [2.24, 2.45) is 0 Å². The van der Waals surface area contributed by atoms with Gasteiger partial charge in [0.25, 0.3) is 5.69 Å². The number of rotatable bonds is 4. The predicted molar refractivity (Wildman–Crippen MR) is 64.1 cm³/mol. The van der Waals surface area contributed by atoms with Crippen molar-refractivity contribution in [1.29, 1.82) is 0 Å². The minimum atomic E-state index is -0.484. The zero-order chi connectivity index (χ0) is 12.3. The lowest BCUT2D eigenvalue weighted by molar-refractivity contribution is -0.384. The zero-order valence-electron chi connectivity index (χ0n) is 8.72. The molecule has 0 aliphatic rings. The van der Waals surface area contributed by atoms with E-state index < -0.39 is 4.92 Å². The number of nitrogens with one attached hydrogen (secondary N) is 1. The molecule has 0 amide bonds. The van der Waals surface area contributed by atoms with E-state index in [-0.39, 0.29) is 5.69 Å². The van der Waals surface area contributed by atoms with Crippen LogP contribution < -0.4 is 5.32 Å². The van der Waals surface area contributed by atoms with Crippen LogP contribution in [0.15, 0.2) is 41.0 Å². The van der Waals surface area contributed by atoms with Gasteiger partial charge in [-0.25, -0.2) is 0 Å². The van der Waals surface area contributed by atoms with Crippen LogP contribution in [-0.4, -0.2) is 4.92 Å². The summed E-state index contributed by atoms with van der Waals surface area (Å²) in [4.78, 5) is 10.0. The molecule has 0 unspecified atom stereocenters. The zero-order valence-corrected chi connectivity index (χ0v) is 9.48. The molecule has 0 fully saturated rings. The highest BCUT2D eigenvalue weighted by atomic mass is 35.5. The highest BCUT2D eigenvalue weighted by Crippen LogP contribution is 2.26. The van der Waals surface area contributed by atoms with Crippen LogP contribution >= 0.6 is 11.6 Å². The number of hydrogen-bond donors (Lipinski definition) is 1. The number of anilines is 1. The minimum absolute atomic E-state index is 0.0291. The van der Waals surface area contributed by atoms with Crippen LogP contribution in [-0.2, 0) is 6.54 Å². The van der Waals surface area contributed by atoms with E-state index >= 15 is 0 Å². The molecule has 0 atom stereocenters. The second-order valence-corrected chi connectivity index (χ2v) is 3.76. The largest absolute Gasteiger partial charge is 0.467 e.